The van der Waals surface area contributed by atoms with E-state index in [1.807, 2.05) is 0 Å². The molecule has 0 aromatic carbocycles. The van der Waals surface area contributed by atoms with Gasteiger partial charge in [-0.05, 0) is 77.7 Å². The number of rotatable bonds is 4. The van der Waals surface area contributed by atoms with Crippen molar-refractivity contribution in [2.24, 2.45) is 0 Å². The van der Waals surface area contributed by atoms with Gasteiger partial charge in [-0.3, -0.25) is 0 Å². The first-order chi connectivity index (χ1) is 11.5. The number of nitrogen functional groups attached to an aromatic ring is 1. The summed E-state index contributed by atoms with van der Waals surface area (Å²) in [4.78, 5) is 7.37. The highest BCUT2D eigenvalue weighted by molar-refractivity contribution is 5.95. The van der Waals surface area contributed by atoms with Crippen LogP contribution in [0.2, 0.25) is 0 Å². The molecule has 2 aromatic heterocycles. The fraction of sp³-hybridized carbons (Fsp3) is 0.650. The molecule has 0 bridgehead atoms. The van der Waals surface area contributed by atoms with Gasteiger partial charge in [0.05, 0.1) is 0 Å². The van der Waals surface area contributed by atoms with Crippen LogP contribution in [0.15, 0.2) is 0 Å². The molecule has 0 fully saturated rings. The second-order valence-corrected chi connectivity index (χ2v) is 7.58. The van der Waals surface area contributed by atoms with Crippen molar-refractivity contribution in [3.8, 4) is 0 Å². The van der Waals surface area contributed by atoms with Gasteiger partial charge in [0, 0.05) is 29.0 Å². The Bertz CT molecular complexity index is 727. The van der Waals surface area contributed by atoms with Gasteiger partial charge in [-0.1, -0.05) is 12.8 Å². The summed E-state index contributed by atoms with van der Waals surface area (Å²) in [5, 5.41) is 1.21. The lowest BCUT2D eigenvalue weighted by atomic mass is 9.94. The summed E-state index contributed by atoms with van der Waals surface area (Å²) in [5.41, 5.74) is 14.0. The van der Waals surface area contributed by atoms with Gasteiger partial charge in [0.1, 0.15) is 5.65 Å². The van der Waals surface area contributed by atoms with E-state index in [1.165, 1.54) is 53.6 Å². The number of nitrogens with two attached hydrogens (primary N) is 1. The van der Waals surface area contributed by atoms with Crippen molar-refractivity contribution in [1.29, 1.82) is 0 Å². The van der Waals surface area contributed by atoms with Crippen LogP contribution in [0.25, 0.3) is 11.0 Å². The molecule has 2 N–H and O–H groups in total. The number of aryl methyl sites for hydroxylation is 3. The van der Waals surface area contributed by atoms with Crippen LogP contribution in [0, 0.1) is 13.8 Å². The topological polar surface area (TPSA) is 47.1 Å². The van der Waals surface area contributed by atoms with E-state index in [0.29, 0.717) is 0 Å². The summed E-state index contributed by atoms with van der Waals surface area (Å²) in [6.45, 7) is 6.52. The quantitative estimate of drug-likeness (QED) is 0.927. The Kier molecular flexibility index (Phi) is 5.14. The third-order valence-corrected chi connectivity index (χ3v) is 5.56. The minimum absolute atomic E-state index is 1.00. The van der Waals surface area contributed by atoms with Crippen LogP contribution >= 0.6 is 0 Å². The van der Waals surface area contributed by atoms with Crippen LogP contribution in [0.3, 0.4) is 0 Å². The second-order valence-electron chi connectivity index (χ2n) is 7.58. The zero-order valence-electron chi connectivity index (χ0n) is 15.8. The fourth-order valence-electron chi connectivity index (χ4n) is 4.04. The number of hydrogen-bond acceptors (Lipinski definition) is 3. The molecular weight excluding hydrogens is 296 g/mol. The SMILES string of the molecule is Cc1c(C)n(CCCN(C)C)c2nc3c(c(N)c12)CCCCCC3. The summed E-state index contributed by atoms with van der Waals surface area (Å²) in [6, 6.07) is 0. The predicted molar refractivity (Wildman–Crippen MR) is 103 cm³/mol. The molecule has 4 nitrogen and oxygen atoms in total. The maximum atomic E-state index is 6.66. The molecule has 0 atom stereocenters. The van der Waals surface area contributed by atoms with Gasteiger partial charge in [-0.15, -0.1) is 0 Å². The van der Waals surface area contributed by atoms with Crippen molar-refractivity contribution in [2.75, 3.05) is 26.4 Å². The van der Waals surface area contributed by atoms with Crippen LogP contribution in [0.1, 0.15) is 54.6 Å². The lowest BCUT2D eigenvalue weighted by molar-refractivity contribution is 0.387. The molecular formula is C20H32N4. The molecule has 0 radical (unpaired) electrons. The number of anilines is 1. The standard InChI is InChI=1S/C20H32N4/c1-14-15(2)24(13-9-12-23(3)4)20-18(14)19(21)16-10-7-5-6-8-11-17(16)22-20/h5-13H2,1-4H3,(H2,21,22). The number of pyridine rings is 1. The highest BCUT2D eigenvalue weighted by Gasteiger charge is 2.20. The summed E-state index contributed by atoms with van der Waals surface area (Å²) in [5.74, 6) is 0. The van der Waals surface area contributed by atoms with Crippen LogP contribution in [-0.4, -0.2) is 35.1 Å². The normalized spacial score (nSPS) is 15.5. The Balaban J connectivity index is 2.07. The Hall–Kier alpha value is -1.55. The molecule has 4 heteroatoms. The first-order valence-corrected chi connectivity index (χ1v) is 9.42. The average Bonchev–Trinajstić information content (AvgIpc) is 2.74. The molecule has 0 saturated heterocycles. The fourth-order valence-corrected chi connectivity index (χ4v) is 4.04. The van der Waals surface area contributed by atoms with Crippen molar-refractivity contribution in [2.45, 2.75) is 65.3 Å². The number of nitrogens with zero attached hydrogens (tertiary/aromatic N) is 3. The molecule has 0 aliphatic heterocycles. The van der Waals surface area contributed by atoms with Gasteiger partial charge < -0.3 is 15.2 Å². The zero-order chi connectivity index (χ0) is 17.3. The predicted octanol–water partition coefficient (Wildman–Crippen LogP) is 3.85. The molecule has 132 valence electrons. The molecule has 24 heavy (non-hydrogen) atoms. The van der Waals surface area contributed by atoms with E-state index in [2.05, 4.69) is 37.4 Å². The first-order valence-electron chi connectivity index (χ1n) is 9.42. The Labute approximate surface area is 146 Å². The monoisotopic (exact) mass is 328 g/mol. The maximum absolute atomic E-state index is 6.66. The molecule has 1 aliphatic rings. The molecule has 2 aromatic rings. The van der Waals surface area contributed by atoms with Gasteiger partial charge in [-0.25, -0.2) is 4.98 Å². The van der Waals surface area contributed by atoms with E-state index >= 15 is 0 Å². The molecule has 0 saturated carbocycles. The molecule has 2 heterocycles. The highest BCUT2D eigenvalue weighted by atomic mass is 15.1. The number of hydrogen-bond donors (Lipinski definition) is 1. The van der Waals surface area contributed by atoms with Crippen molar-refractivity contribution in [3.63, 3.8) is 0 Å². The van der Waals surface area contributed by atoms with Crippen LogP contribution < -0.4 is 5.73 Å². The minimum atomic E-state index is 1.00. The van der Waals surface area contributed by atoms with Gasteiger partial charge in [-0.2, -0.15) is 0 Å². The van der Waals surface area contributed by atoms with E-state index in [0.717, 1.165) is 43.7 Å². The summed E-state index contributed by atoms with van der Waals surface area (Å²) < 4.78 is 2.39. The lowest BCUT2D eigenvalue weighted by Crippen LogP contribution is -2.16. The Morgan fingerprint density at radius 3 is 2.50 bits per heavy atom. The van der Waals surface area contributed by atoms with E-state index in [4.69, 9.17) is 10.7 Å². The summed E-state index contributed by atoms with van der Waals surface area (Å²) in [7, 11) is 4.26. The highest BCUT2D eigenvalue weighted by Crippen LogP contribution is 2.35. The molecule has 1 aliphatic carbocycles. The summed E-state index contributed by atoms with van der Waals surface area (Å²) >= 11 is 0. The van der Waals surface area contributed by atoms with Crippen LogP contribution in [0.5, 0.6) is 0 Å². The smallest absolute Gasteiger partial charge is 0.142 e. The average molecular weight is 329 g/mol. The second kappa shape index (κ2) is 7.14. The third kappa shape index (κ3) is 3.16. The molecule has 0 amide bonds. The molecule has 3 rings (SSSR count). The van der Waals surface area contributed by atoms with Crippen molar-refractivity contribution >= 4 is 16.7 Å². The van der Waals surface area contributed by atoms with E-state index < -0.39 is 0 Å². The van der Waals surface area contributed by atoms with Crippen LogP contribution in [0.4, 0.5) is 5.69 Å². The summed E-state index contributed by atoms with van der Waals surface area (Å²) in [6.07, 6.45) is 8.43. The van der Waals surface area contributed by atoms with Gasteiger partial charge in [0.25, 0.3) is 0 Å². The molecule has 0 spiro atoms. The third-order valence-electron chi connectivity index (χ3n) is 5.56. The van der Waals surface area contributed by atoms with E-state index in [1.54, 1.807) is 0 Å². The maximum Gasteiger partial charge on any atom is 0.142 e. The van der Waals surface area contributed by atoms with Crippen molar-refractivity contribution < 1.29 is 0 Å². The zero-order valence-corrected chi connectivity index (χ0v) is 15.8. The lowest BCUT2D eigenvalue weighted by Gasteiger charge is -2.17. The van der Waals surface area contributed by atoms with E-state index in [-0.39, 0.29) is 0 Å². The van der Waals surface area contributed by atoms with Crippen molar-refractivity contribution in [3.05, 3.63) is 22.5 Å². The first kappa shape index (κ1) is 17.3. The number of fused-ring (bicyclic) bond motifs is 2. The minimum Gasteiger partial charge on any atom is -0.398 e. The van der Waals surface area contributed by atoms with Gasteiger partial charge in [0.2, 0.25) is 0 Å². The van der Waals surface area contributed by atoms with Gasteiger partial charge in [0.15, 0.2) is 0 Å². The Morgan fingerprint density at radius 2 is 1.79 bits per heavy atom. The van der Waals surface area contributed by atoms with Crippen LogP contribution in [-0.2, 0) is 19.4 Å². The molecule has 0 unspecified atom stereocenters. The van der Waals surface area contributed by atoms with E-state index in [9.17, 15) is 0 Å². The Morgan fingerprint density at radius 1 is 1.08 bits per heavy atom. The number of aromatic nitrogens is 2. The largest absolute Gasteiger partial charge is 0.398 e. The van der Waals surface area contributed by atoms with Crippen molar-refractivity contribution in [1.82, 2.24) is 14.5 Å². The van der Waals surface area contributed by atoms with Gasteiger partial charge >= 0.3 is 0 Å².